The molecule has 0 aliphatic rings. The molecule has 112 valence electrons. The molecule has 2 unspecified atom stereocenters. The van der Waals surface area contributed by atoms with Crippen LogP contribution in [0.25, 0.3) is 0 Å². The maximum atomic E-state index is 10.6. The minimum atomic E-state index is -0.887. The van der Waals surface area contributed by atoms with Gasteiger partial charge in [0.05, 0.1) is 12.7 Å². The van der Waals surface area contributed by atoms with Gasteiger partial charge in [-0.25, -0.2) is 0 Å². The van der Waals surface area contributed by atoms with Gasteiger partial charge >= 0.3 is 0 Å². The summed E-state index contributed by atoms with van der Waals surface area (Å²) < 4.78 is 5.16. The summed E-state index contributed by atoms with van der Waals surface area (Å²) in [6, 6.07) is 17.8. The zero-order valence-corrected chi connectivity index (χ0v) is 12.8. The number of nitrogens with one attached hydrogen (secondary N) is 1. The molecule has 3 heteroatoms. The first kappa shape index (κ1) is 15.5. The minimum absolute atomic E-state index is 0.158. The molecular formula is C18H23NO2. The fourth-order valence-corrected chi connectivity index (χ4v) is 2.26. The quantitative estimate of drug-likeness (QED) is 0.856. The summed E-state index contributed by atoms with van der Waals surface area (Å²) in [5.41, 5.74) is 1.20. The molecule has 0 saturated heterocycles. The van der Waals surface area contributed by atoms with Gasteiger partial charge in [-0.05, 0) is 37.1 Å². The maximum absolute atomic E-state index is 10.6. The number of ether oxygens (including phenoxy) is 1. The molecule has 2 aromatic carbocycles. The highest BCUT2D eigenvalue weighted by Gasteiger charge is 2.23. The smallest absolute Gasteiger partial charge is 0.118 e. The number of benzene rings is 2. The highest BCUT2D eigenvalue weighted by Crippen LogP contribution is 2.22. The van der Waals surface area contributed by atoms with Gasteiger partial charge in [-0.2, -0.15) is 0 Å². The SMILES string of the molecule is COc1ccc(C(C)NCC(C)(O)c2ccccc2)cc1. The molecule has 0 saturated carbocycles. The van der Waals surface area contributed by atoms with Gasteiger partial charge in [0.25, 0.3) is 0 Å². The number of hydrogen-bond donors (Lipinski definition) is 2. The summed E-state index contributed by atoms with van der Waals surface area (Å²) in [6.45, 7) is 4.41. The Morgan fingerprint density at radius 1 is 1.10 bits per heavy atom. The normalized spacial score (nSPS) is 15.2. The molecule has 0 bridgehead atoms. The highest BCUT2D eigenvalue weighted by molar-refractivity contribution is 5.29. The molecular weight excluding hydrogens is 262 g/mol. The first-order chi connectivity index (χ1) is 10.0. The van der Waals surface area contributed by atoms with Crippen LogP contribution in [0.4, 0.5) is 0 Å². The Hall–Kier alpha value is -1.84. The van der Waals surface area contributed by atoms with Crippen LogP contribution >= 0.6 is 0 Å². The summed E-state index contributed by atoms with van der Waals surface area (Å²) >= 11 is 0. The summed E-state index contributed by atoms with van der Waals surface area (Å²) in [7, 11) is 1.66. The fraction of sp³-hybridized carbons (Fsp3) is 0.333. The van der Waals surface area contributed by atoms with E-state index in [0.717, 1.165) is 11.3 Å². The molecule has 2 aromatic rings. The van der Waals surface area contributed by atoms with Crippen LogP contribution in [-0.4, -0.2) is 18.8 Å². The fourth-order valence-electron chi connectivity index (χ4n) is 2.26. The van der Waals surface area contributed by atoms with Gasteiger partial charge in [0.2, 0.25) is 0 Å². The van der Waals surface area contributed by atoms with Crippen molar-refractivity contribution in [2.24, 2.45) is 0 Å². The zero-order valence-electron chi connectivity index (χ0n) is 12.8. The van der Waals surface area contributed by atoms with Crippen LogP contribution < -0.4 is 10.1 Å². The van der Waals surface area contributed by atoms with E-state index in [1.807, 2.05) is 61.5 Å². The predicted molar refractivity (Wildman–Crippen MR) is 85.4 cm³/mol. The lowest BCUT2D eigenvalue weighted by molar-refractivity contribution is 0.0543. The largest absolute Gasteiger partial charge is 0.497 e. The molecule has 0 amide bonds. The van der Waals surface area contributed by atoms with E-state index in [1.54, 1.807) is 7.11 Å². The van der Waals surface area contributed by atoms with E-state index in [1.165, 1.54) is 5.56 Å². The van der Waals surface area contributed by atoms with Gasteiger partial charge in [-0.3, -0.25) is 0 Å². The van der Waals surface area contributed by atoms with Crippen LogP contribution in [0.3, 0.4) is 0 Å². The number of aliphatic hydroxyl groups is 1. The Labute approximate surface area is 126 Å². The topological polar surface area (TPSA) is 41.5 Å². The molecule has 0 heterocycles. The number of methoxy groups -OCH3 is 1. The van der Waals surface area contributed by atoms with Crippen molar-refractivity contribution in [2.75, 3.05) is 13.7 Å². The minimum Gasteiger partial charge on any atom is -0.497 e. The second kappa shape index (κ2) is 6.74. The average Bonchev–Trinajstić information content (AvgIpc) is 2.53. The van der Waals surface area contributed by atoms with Gasteiger partial charge in [-0.1, -0.05) is 42.5 Å². The van der Waals surface area contributed by atoms with E-state index < -0.39 is 5.60 Å². The highest BCUT2D eigenvalue weighted by atomic mass is 16.5. The third kappa shape index (κ3) is 4.06. The summed E-state index contributed by atoms with van der Waals surface area (Å²) in [5, 5.41) is 14.0. The Bertz CT molecular complexity index is 549. The van der Waals surface area contributed by atoms with Gasteiger partial charge < -0.3 is 15.2 Å². The third-order valence-corrected chi connectivity index (χ3v) is 3.76. The van der Waals surface area contributed by atoms with Gasteiger partial charge in [-0.15, -0.1) is 0 Å². The van der Waals surface area contributed by atoms with Crippen molar-refractivity contribution in [3.63, 3.8) is 0 Å². The molecule has 21 heavy (non-hydrogen) atoms. The molecule has 3 nitrogen and oxygen atoms in total. The van der Waals surface area contributed by atoms with Crippen LogP contribution in [0.1, 0.15) is 31.0 Å². The summed E-state index contributed by atoms with van der Waals surface area (Å²) in [6.07, 6.45) is 0. The lowest BCUT2D eigenvalue weighted by Gasteiger charge is -2.26. The Morgan fingerprint density at radius 3 is 2.29 bits per heavy atom. The second-order valence-electron chi connectivity index (χ2n) is 5.52. The maximum Gasteiger partial charge on any atom is 0.118 e. The first-order valence-corrected chi connectivity index (χ1v) is 7.18. The Balaban J connectivity index is 1.98. The van der Waals surface area contributed by atoms with Crippen LogP contribution in [0, 0.1) is 0 Å². The van der Waals surface area contributed by atoms with Crippen molar-refractivity contribution in [2.45, 2.75) is 25.5 Å². The van der Waals surface area contributed by atoms with E-state index in [4.69, 9.17) is 4.74 Å². The summed E-state index contributed by atoms with van der Waals surface area (Å²) in [4.78, 5) is 0. The molecule has 2 atom stereocenters. The van der Waals surface area contributed by atoms with Crippen molar-refractivity contribution in [3.8, 4) is 5.75 Å². The van der Waals surface area contributed by atoms with E-state index in [2.05, 4.69) is 12.2 Å². The van der Waals surface area contributed by atoms with E-state index in [0.29, 0.717) is 6.54 Å². The Morgan fingerprint density at radius 2 is 1.71 bits per heavy atom. The van der Waals surface area contributed by atoms with Crippen LogP contribution in [-0.2, 0) is 5.60 Å². The van der Waals surface area contributed by atoms with E-state index >= 15 is 0 Å². The van der Waals surface area contributed by atoms with Crippen molar-refractivity contribution in [1.82, 2.24) is 5.32 Å². The molecule has 0 radical (unpaired) electrons. The van der Waals surface area contributed by atoms with Crippen LogP contribution in [0.5, 0.6) is 5.75 Å². The molecule has 0 aliphatic carbocycles. The first-order valence-electron chi connectivity index (χ1n) is 7.18. The van der Waals surface area contributed by atoms with Crippen LogP contribution in [0.2, 0.25) is 0 Å². The Kier molecular flexibility index (Phi) is 4.99. The molecule has 0 fully saturated rings. The summed E-state index contributed by atoms with van der Waals surface area (Å²) in [5.74, 6) is 0.849. The third-order valence-electron chi connectivity index (χ3n) is 3.76. The lowest BCUT2D eigenvalue weighted by atomic mass is 9.95. The molecule has 0 aliphatic heterocycles. The van der Waals surface area contributed by atoms with Crippen molar-refractivity contribution < 1.29 is 9.84 Å². The van der Waals surface area contributed by atoms with Crippen molar-refractivity contribution in [1.29, 1.82) is 0 Å². The van der Waals surface area contributed by atoms with Crippen LogP contribution in [0.15, 0.2) is 54.6 Å². The van der Waals surface area contributed by atoms with Gasteiger partial charge in [0.15, 0.2) is 0 Å². The van der Waals surface area contributed by atoms with Gasteiger partial charge in [0, 0.05) is 12.6 Å². The second-order valence-corrected chi connectivity index (χ2v) is 5.52. The molecule has 0 spiro atoms. The number of rotatable bonds is 6. The molecule has 0 aromatic heterocycles. The standard InChI is InChI=1S/C18H23NO2/c1-14(15-9-11-17(21-3)12-10-15)19-13-18(2,20)16-7-5-4-6-8-16/h4-12,14,19-20H,13H2,1-3H3. The molecule has 2 N–H and O–H groups in total. The van der Waals surface area contributed by atoms with E-state index in [9.17, 15) is 5.11 Å². The molecule has 2 rings (SSSR count). The van der Waals surface area contributed by atoms with Gasteiger partial charge in [0.1, 0.15) is 5.75 Å². The lowest BCUT2D eigenvalue weighted by Crippen LogP contribution is -2.36. The average molecular weight is 285 g/mol. The number of hydrogen-bond acceptors (Lipinski definition) is 3. The van der Waals surface area contributed by atoms with Crippen molar-refractivity contribution in [3.05, 3.63) is 65.7 Å². The van der Waals surface area contributed by atoms with E-state index in [-0.39, 0.29) is 6.04 Å². The zero-order chi connectivity index (χ0) is 15.3. The van der Waals surface area contributed by atoms with Crippen molar-refractivity contribution >= 4 is 0 Å². The monoisotopic (exact) mass is 285 g/mol. The predicted octanol–water partition coefficient (Wildman–Crippen LogP) is 3.25.